The molecule has 2 heterocycles. The molecule has 0 saturated heterocycles. The molecule has 0 bridgehead atoms. The molecule has 0 spiro atoms. The molecule has 4 rings (SSSR count). The van der Waals surface area contributed by atoms with Gasteiger partial charge in [0, 0.05) is 17.7 Å². The van der Waals surface area contributed by atoms with E-state index in [1.807, 2.05) is 32.0 Å². The van der Waals surface area contributed by atoms with Gasteiger partial charge in [-0.25, -0.2) is 9.78 Å². The van der Waals surface area contributed by atoms with Crippen LogP contribution in [0.2, 0.25) is 0 Å². The molecule has 35 heavy (non-hydrogen) atoms. The first-order valence-electron chi connectivity index (χ1n) is 11.0. The van der Waals surface area contributed by atoms with Gasteiger partial charge in [0.2, 0.25) is 4.96 Å². The van der Waals surface area contributed by atoms with Crippen molar-refractivity contribution in [3.8, 4) is 5.75 Å². The average Bonchev–Trinajstić information content (AvgIpc) is 3.29. The van der Waals surface area contributed by atoms with Crippen LogP contribution in [0.15, 0.2) is 65.5 Å². The number of para-hydroxylation sites is 1. The van der Waals surface area contributed by atoms with Crippen molar-refractivity contribution in [2.75, 3.05) is 5.32 Å². The van der Waals surface area contributed by atoms with Gasteiger partial charge in [0.1, 0.15) is 17.4 Å². The van der Waals surface area contributed by atoms with Gasteiger partial charge in [0.05, 0.1) is 11.3 Å². The maximum absolute atomic E-state index is 12.5. The highest BCUT2D eigenvalue weighted by Gasteiger charge is 2.16. The minimum Gasteiger partial charge on any atom is -0.481 e. The summed E-state index contributed by atoms with van der Waals surface area (Å²) in [7, 11) is 0. The number of amides is 1. The van der Waals surface area contributed by atoms with Crippen LogP contribution in [0.1, 0.15) is 47.7 Å². The highest BCUT2D eigenvalue weighted by molar-refractivity contribution is 7.16. The summed E-state index contributed by atoms with van der Waals surface area (Å²) in [5.74, 6) is -0.117. The van der Waals surface area contributed by atoms with Crippen molar-refractivity contribution in [3.63, 3.8) is 0 Å². The molecule has 10 heteroatoms. The fourth-order valence-electron chi connectivity index (χ4n) is 3.09. The molecule has 1 N–H and O–H groups in total. The number of ether oxygens (including phenoxy) is 2. The van der Waals surface area contributed by atoms with E-state index in [4.69, 9.17) is 9.47 Å². The van der Waals surface area contributed by atoms with Crippen LogP contribution < -0.4 is 15.6 Å². The average molecular weight is 493 g/mol. The zero-order valence-electron chi connectivity index (χ0n) is 19.4. The second-order valence-corrected chi connectivity index (χ2v) is 9.08. The lowest BCUT2D eigenvalue weighted by molar-refractivity contribution is -0.122. The lowest BCUT2D eigenvalue weighted by Crippen LogP contribution is -2.30. The normalized spacial score (nSPS) is 11.9. The van der Waals surface area contributed by atoms with Gasteiger partial charge in [-0.2, -0.15) is 9.61 Å². The highest BCUT2D eigenvalue weighted by atomic mass is 32.1. The Morgan fingerprint density at radius 3 is 2.46 bits per heavy atom. The second kappa shape index (κ2) is 10.5. The molecule has 0 saturated carbocycles. The van der Waals surface area contributed by atoms with E-state index in [0.29, 0.717) is 27.7 Å². The Morgan fingerprint density at radius 2 is 1.77 bits per heavy atom. The maximum atomic E-state index is 12.5. The van der Waals surface area contributed by atoms with E-state index in [-0.39, 0.29) is 24.0 Å². The largest absolute Gasteiger partial charge is 0.481 e. The first-order chi connectivity index (χ1) is 16.8. The predicted molar refractivity (Wildman–Crippen MR) is 132 cm³/mol. The van der Waals surface area contributed by atoms with E-state index in [1.165, 1.54) is 21.9 Å². The Bertz CT molecular complexity index is 1400. The van der Waals surface area contributed by atoms with Crippen LogP contribution in [0.3, 0.4) is 0 Å². The Hall–Kier alpha value is -4.05. The minimum atomic E-state index is -0.703. The third-order valence-electron chi connectivity index (χ3n) is 4.97. The van der Waals surface area contributed by atoms with Crippen molar-refractivity contribution in [3.05, 3.63) is 87.3 Å². The zero-order chi connectivity index (χ0) is 24.9. The monoisotopic (exact) mass is 492 g/mol. The van der Waals surface area contributed by atoms with Gasteiger partial charge >= 0.3 is 5.97 Å². The number of hydrogen-bond acceptors (Lipinski definition) is 8. The van der Waals surface area contributed by atoms with Crippen LogP contribution in [0.5, 0.6) is 5.75 Å². The number of carbonyl (C=O) groups excluding carboxylic acids is 2. The Morgan fingerprint density at radius 1 is 1.06 bits per heavy atom. The molecule has 2 aromatic carbocycles. The van der Waals surface area contributed by atoms with Crippen LogP contribution in [0.4, 0.5) is 5.69 Å². The first kappa shape index (κ1) is 24.1. The fourth-order valence-corrected chi connectivity index (χ4v) is 4.02. The van der Waals surface area contributed by atoms with E-state index in [1.54, 1.807) is 43.3 Å². The Balaban J connectivity index is 1.34. The third kappa shape index (κ3) is 5.90. The maximum Gasteiger partial charge on any atom is 0.338 e. The van der Waals surface area contributed by atoms with Crippen LogP contribution in [0.25, 0.3) is 4.96 Å². The summed E-state index contributed by atoms with van der Waals surface area (Å²) in [5.41, 5.74) is 0.837. The van der Waals surface area contributed by atoms with Gasteiger partial charge in [-0.05, 0) is 43.3 Å². The van der Waals surface area contributed by atoms with Crippen molar-refractivity contribution < 1.29 is 19.1 Å². The quantitative estimate of drug-likeness (QED) is 0.370. The number of nitrogens with zero attached hydrogens (tertiary/aromatic N) is 3. The van der Waals surface area contributed by atoms with Crippen molar-refractivity contribution >= 4 is 33.9 Å². The lowest BCUT2D eigenvalue weighted by Gasteiger charge is -2.14. The summed E-state index contributed by atoms with van der Waals surface area (Å²) < 4.78 is 12.2. The van der Waals surface area contributed by atoms with E-state index < -0.39 is 12.1 Å². The smallest absolute Gasteiger partial charge is 0.338 e. The SMILES string of the molecule is CC(Oc1ccccc1)C(=O)Nc1ccc(C(=O)OCc2cc(=O)n3nc(C(C)C)sc3n2)cc1. The number of nitrogens with one attached hydrogen (secondary N) is 1. The highest BCUT2D eigenvalue weighted by Crippen LogP contribution is 2.20. The van der Waals surface area contributed by atoms with Crippen LogP contribution >= 0.6 is 11.3 Å². The topological polar surface area (TPSA) is 112 Å². The zero-order valence-corrected chi connectivity index (χ0v) is 20.2. The molecule has 1 amide bonds. The predicted octanol–water partition coefficient (Wildman–Crippen LogP) is 4.04. The molecule has 0 aliphatic carbocycles. The molecule has 0 aliphatic rings. The number of esters is 1. The van der Waals surface area contributed by atoms with Crippen LogP contribution in [-0.4, -0.2) is 32.6 Å². The van der Waals surface area contributed by atoms with Gasteiger partial charge in [0.15, 0.2) is 6.10 Å². The molecule has 1 atom stereocenters. The Kier molecular flexibility index (Phi) is 7.21. The standard InChI is InChI=1S/C25H24N4O5S/c1-15(2)23-28-29-21(30)13-19(27-25(29)35-23)14-33-24(32)17-9-11-18(12-10-17)26-22(31)16(3)34-20-7-5-4-6-8-20/h4-13,15-16H,14H2,1-3H3,(H,26,31). The summed E-state index contributed by atoms with van der Waals surface area (Å²) in [6, 6.07) is 16.7. The number of rotatable bonds is 8. The number of benzene rings is 2. The number of aromatic nitrogens is 3. The minimum absolute atomic E-state index is 0.147. The van der Waals surface area contributed by atoms with E-state index in [9.17, 15) is 14.4 Å². The van der Waals surface area contributed by atoms with Crippen molar-refractivity contribution in [2.45, 2.75) is 39.4 Å². The number of fused-ring (bicyclic) bond motifs is 1. The third-order valence-corrected chi connectivity index (χ3v) is 6.18. The van der Waals surface area contributed by atoms with Gasteiger partial charge in [0.25, 0.3) is 11.5 Å². The van der Waals surface area contributed by atoms with E-state index >= 15 is 0 Å². The van der Waals surface area contributed by atoms with Gasteiger partial charge in [-0.1, -0.05) is 43.4 Å². The molecule has 4 aromatic rings. The summed E-state index contributed by atoms with van der Waals surface area (Å²) in [4.78, 5) is 42.0. The van der Waals surface area contributed by atoms with Gasteiger partial charge in [-0.3, -0.25) is 9.59 Å². The van der Waals surface area contributed by atoms with E-state index in [0.717, 1.165) is 5.01 Å². The van der Waals surface area contributed by atoms with Crippen LogP contribution in [-0.2, 0) is 16.1 Å². The van der Waals surface area contributed by atoms with Gasteiger partial charge in [-0.15, -0.1) is 0 Å². The summed E-state index contributed by atoms with van der Waals surface area (Å²) in [6.45, 7) is 5.48. The lowest BCUT2D eigenvalue weighted by atomic mass is 10.2. The van der Waals surface area contributed by atoms with E-state index in [2.05, 4.69) is 15.4 Å². The first-order valence-corrected chi connectivity index (χ1v) is 11.8. The number of anilines is 1. The van der Waals surface area contributed by atoms with Crippen LogP contribution in [0, 0.1) is 0 Å². The molecule has 0 radical (unpaired) electrons. The molecule has 2 aromatic heterocycles. The molecule has 1 unspecified atom stereocenters. The molecule has 0 aliphatic heterocycles. The molecular weight excluding hydrogens is 468 g/mol. The second-order valence-electron chi connectivity index (χ2n) is 8.09. The summed E-state index contributed by atoms with van der Waals surface area (Å²) in [5, 5.41) is 7.82. The Labute approximate surface area is 205 Å². The summed E-state index contributed by atoms with van der Waals surface area (Å²) in [6.07, 6.45) is -0.703. The fraction of sp³-hybridized carbons (Fsp3) is 0.240. The molecule has 9 nitrogen and oxygen atoms in total. The number of carbonyl (C=O) groups is 2. The van der Waals surface area contributed by atoms with Crippen molar-refractivity contribution in [2.24, 2.45) is 0 Å². The number of hydrogen-bond donors (Lipinski definition) is 1. The van der Waals surface area contributed by atoms with Crippen molar-refractivity contribution in [1.29, 1.82) is 0 Å². The summed E-state index contributed by atoms with van der Waals surface area (Å²) >= 11 is 1.33. The molecule has 0 fully saturated rings. The molecule has 180 valence electrons. The van der Waals surface area contributed by atoms with Crippen molar-refractivity contribution in [1.82, 2.24) is 14.6 Å². The molecular formula is C25H24N4O5S. The van der Waals surface area contributed by atoms with Gasteiger partial charge < -0.3 is 14.8 Å².